The first-order chi connectivity index (χ1) is 9.65. The Kier molecular flexibility index (Phi) is 4.73. The zero-order valence-electron chi connectivity index (χ0n) is 11.5. The number of aromatic amines is 1. The number of H-pyrrole nitrogens is 1. The highest BCUT2D eigenvalue weighted by Crippen LogP contribution is 2.28. The van der Waals surface area contributed by atoms with Gasteiger partial charge in [0, 0.05) is 29.6 Å². The summed E-state index contributed by atoms with van der Waals surface area (Å²) < 4.78 is 6.95. The first-order valence-electron chi connectivity index (χ1n) is 6.36. The van der Waals surface area contributed by atoms with Crippen molar-refractivity contribution in [3.05, 3.63) is 34.2 Å². The van der Waals surface area contributed by atoms with Crippen molar-refractivity contribution in [3.63, 3.8) is 0 Å². The summed E-state index contributed by atoms with van der Waals surface area (Å²) in [6.45, 7) is 2.69. The standard InChI is InChI=1S/C13H18N4O2S/c1-3-6-17-12(18)15-16-13(17)20-8-9-4-5-10(14)7-11(9)19-2/h4-5,7H,3,6,8,14H2,1-2H3,(H,15,18). The van der Waals surface area contributed by atoms with Crippen LogP contribution >= 0.6 is 11.8 Å². The quantitative estimate of drug-likeness (QED) is 0.627. The molecule has 0 saturated carbocycles. The number of rotatable bonds is 6. The summed E-state index contributed by atoms with van der Waals surface area (Å²) in [7, 11) is 1.62. The zero-order valence-corrected chi connectivity index (χ0v) is 12.4. The molecule has 0 aliphatic rings. The van der Waals surface area contributed by atoms with Gasteiger partial charge in [-0.2, -0.15) is 0 Å². The van der Waals surface area contributed by atoms with Crippen molar-refractivity contribution in [2.75, 3.05) is 12.8 Å². The molecule has 1 aromatic carbocycles. The molecule has 7 heteroatoms. The van der Waals surface area contributed by atoms with E-state index < -0.39 is 0 Å². The Bertz CT molecular complexity index is 636. The number of aromatic nitrogens is 3. The summed E-state index contributed by atoms with van der Waals surface area (Å²) in [6, 6.07) is 5.55. The van der Waals surface area contributed by atoms with Crippen molar-refractivity contribution < 1.29 is 4.74 Å². The van der Waals surface area contributed by atoms with E-state index in [2.05, 4.69) is 10.2 Å². The van der Waals surface area contributed by atoms with E-state index in [4.69, 9.17) is 10.5 Å². The van der Waals surface area contributed by atoms with Gasteiger partial charge in [-0.25, -0.2) is 9.89 Å². The van der Waals surface area contributed by atoms with Crippen molar-refractivity contribution in [3.8, 4) is 5.75 Å². The summed E-state index contributed by atoms with van der Waals surface area (Å²) in [5, 5.41) is 7.22. The molecule has 0 radical (unpaired) electrons. The van der Waals surface area contributed by atoms with Crippen molar-refractivity contribution in [1.29, 1.82) is 0 Å². The normalized spacial score (nSPS) is 10.7. The number of nitrogens with one attached hydrogen (secondary N) is 1. The lowest BCUT2D eigenvalue weighted by Gasteiger charge is -2.09. The number of nitrogens with zero attached hydrogens (tertiary/aromatic N) is 2. The second kappa shape index (κ2) is 6.51. The molecule has 0 fully saturated rings. The van der Waals surface area contributed by atoms with Gasteiger partial charge in [0.15, 0.2) is 5.16 Å². The van der Waals surface area contributed by atoms with Crippen LogP contribution in [0, 0.1) is 0 Å². The maximum absolute atomic E-state index is 11.6. The molecule has 1 heterocycles. The van der Waals surface area contributed by atoms with Crippen molar-refractivity contribution in [1.82, 2.24) is 14.8 Å². The maximum Gasteiger partial charge on any atom is 0.343 e. The smallest absolute Gasteiger partial charge is 0.343 e. The number of thioether (sulfide) groups is 1. The van der Waals surface area contributed by atoms with Crippen LogP contribution in [0.4, 0.5) is 5.69 Å². The van der Waals surface area contributed by atoms with E-state index in [-0.39, 0.29) is 5.69 Å². The highest BCUT2D eigenvalue weighted by Gasteiger charge is 2.10. The van der Waals surface area contributed by atoms with Gasteiger partial charge in [0.25, 0.3) is 0 Å². The van der Waals surface area contributed by atoms with Crippen LogP contribution in [0.15, 0.2) is 28.2 Å². The van der Waals surface area contributed by atoms with Crippen LogP contribution in [0.25, 0.3) is 0 Å². The van der Waals surface area contributed by atoms with Crippen molar-refractivity contribution in [2.45, 2.75) is 30.8 Å². The average Bonchev–Trinajstić information content (AvgIpc) is 2.79. The summed E-state index contributed by atoms with van der Waals surface area (Å²) >= 11 is 1.50. The maximum atomic E-state index is 11.6. The first kappa shape index (κ1) is 14.5. The molecule has 0 bridgehead atoms. The molecule has 0 saturated heterocycles. The summed E-state index contributed by atoms with van der Waals surface area (Å²) in [6.07, 6.45) is 0.887. The Hall–Kier alpha value is -1.89. The number of anilines is 1. The Morgan fingerprint density at radius 1 is 1.50 bits per heavy atom. The Morgan fingerprint density at radius 3 is 3.00 bits per heavy atom. The summed E-state index contributed by atoms with van der Waals surface area (Å²) in [4.78, 5) is 11.6. The van der Waals surface area contributed by atoms with E-state index in [9.17, 15) is 4.79 Å². The minimum Gasteiger partial charge on any atom is -0.496 e. The Morgan fingerprint density at radius 2 is 2.30 bits per heavy atom. The molecule has 0 unspecified atom stereocenters. The van der Waals surface area contributed by atoms with Crippen molar-refractivity contribution in [2.24, 2.45) is 0 Å². The van der Waals surface area contributed by atoms with Crippen LogP contribution < -0.4 is 16.2 Å². The van der Waals surface area contributed by atoms with Gasteiger partial charge in [0.05, 0.1) is 7.11 Å². The fourth-order valence-electron chi connectivity index (χ4n) is 1.86. The van der Waals surface area contributed by atoms with Crippen LogP contribution in [0.1, 0.15) is 18.9 Å². The topological polar surface area (TPSA) is 85.9 Å². The third-order valence-electron chi connectivity index (χ3n) is 2.84. The Labute approximate surface area is 121 Å². The molecule has 0 spiro atoms. The van der Waals surface area contributed by atoms with Gasteiger partial charge in [0.2, 0.25) is 0 Å². The van der Waals surface area contributed by atoms with Gasteiger partial charge < -0.3 is 10.5 Å². The molecule has 108 valence electrons. The zero-order chi connectivity index (χ0) is 14.5. The van der Waals surface area contributed by atoms with E-state index >= 15 is 0 Å². The molecule has 3 N–H and O–H groups in total. The van der Waals surface area contributed by atoms with Crippen LogP contribution in [-0.4, -0.2) is 21.9 Å². The first-order valence-corrected chi connectivity index (χ1v) is 7.34. The number of hydrogen-bond donors (Lipinski definition) is 2. The fourth-order valence-corrected chi connectivity index (χ4v) is 2.82. The number of ether oxygens (including phenoxy) is 1. The van der Waals surface area contributed by atoms with Crippen LogP contribution in [-0.2, 0) is 12.3 Å². The van der Waals surface area contributed by atoms with Gasteiger partial charge in [-0.1, -0.05) is 24.8 Å². The Balaban J connectivity index is 2.15. The molecule has 20 heavy (non-hydrogen) atoms. The molecular weight excluding hydrogens is 276 g/mol. The molecular formula is C13H18N4O2S. The van der Waals surface area contributed by atoms with E-state index in [1.807, 2.05) is 19.1 Å². The van der Waals surface area contributed by atoms with Crippen LogP contribution in [0.5, 0.6) is 5.75 Å². The number of nitrogens with two attached hydrogens (primary N) is 1. The van der Waals surface area contributed by atoms with E-state index in [0.29, 0.717) is 23.1 Å². The monoisotopic (exact) mass is 294 g/mol. The minimum absolute atomic E-state index is 0.168. The van der Waals surface area contributed by atoms with Gasteiger partial charge in [-0.15, -0.1) is 5.10 Å². The lowest BCUT2D eigenvalue weighted by molar-refractivity contribution is 0.411. The van der Waals surface area contributed by atoms with Crippen molar-refractivity contribution >= 4 is 17.4 Å². The van der Waals surface area contributed by atoms with E-state index in [1.165, 1.54) is 11.8 Å². The highest BCUT2D eigenvalue weighted by molar-refractivity contribution is 7.98. The summed E-state index contributed by atoms with van der Waals surface area (Å²) in [5.41, 5.74) is 7.24. The molecule has 0 aliphatic heterocycles. The molecule has 2 aromatic rings. The summed E-state index contributed by atoms with van der Waals surface area (Å²) in [5.74, 6) is 1.41. The fraction of sp³-hybridized carbons (Fsp3) is 0.385. The second-order valence-corrected chi connectivity index (χ2v) is 5.27. The van der Waals surface area contributed by atoms with Gasteiger partial charge in [0.1, 0.15) is 5.75 Å². The number of methoxy groups -OCH3 is 1. The number of hydrogen-bond acceptors (Lipinski definition) is 5. The molecule has 0 aliphatic carbocycles. The van der Waals surface area contributed by atoms with E-state index in [1.54, 1.807) is 17.7 Å². The molecule has 6 nitrogen and oxygen atoms in total. The minimum atomic E-state index is -0.168. The van der Waals surface area contributed by atoms with Gasteiger partial charge >= 0.3 is 5.69 Å². The highest BCUT2D eigenvalue weighted by atomic mass is 32.2. The lowest BCUT2D eigenvalue weighted by Crippen LogP contribution is -2.17. The number of benzene rings is 1. The third-order valence-corrected chi connectivity index (χ3v) is 3.86. The predicted molar refractivity (Wildman–Crippen MR) is 80.1 cm³/mol. The average molecular weight is 294 g/mol. The third kappa shape index (κ3) is 3.16. The second-order valence-electron chi connectivity index (χ2n) is 4.32. The SMILES string of the molecule is CCCn1c(SCc2ccc(N)cc2OC)n[nH]c1=O. The molecule has 0 amide bonds. The lowest BCUT2D eigenvalue weighted by atomic mass is 10.2. The molecule has 1 aromatic heterocycles. The molecule has 2 rings (SSSR count). The van der Waals surface area contributed by atoms with E-state index in [0.717, 1.165) is 17.7 Å². The van der Waals surface area contributed by atoms with Gasteiger partial charge in [-0.05, 0) is 12.5 Å². The largest absolute Gasteiger partial charge is 0.496 e. The predicted octanol–water partition coefficient (Wildman–Crippen LogP) is 1.86. The number of nitrogen functional groups attached to an aromatic ring is 1. The van der Waals surface area contributed by atoms with Gasteiger partial charge in [-0.3, -0.25) is 4.57 Å². The molecule has 0 atom stereocenters. The van der Waals surface area contributed by atoms with Crippen LogP contribution in [0.2, 0.25) is 0 Å². The van der Waals surface area contributed by atoms with Crippen LogP contribution in [0.3, 0.4) is 0 Å².